The summed E-state index contributed by atoms with van der Waals surface area (Å²) in [5.74, 6) is 0.232. The van der Waals surface area contributed by atoms with Gasteiger partial charge in [0, 0.05) is 17.6 Å². The van der Waals surface area contributed by atoms with E-state index in [1.165, 1.54) is 0 Å². The number of carbonyl (C=O) groups excluding carboxylic acids is 1. The van der Waals surface area contributed by atoms with Crippen LogP contribution in [-0.4, -0.2) is 20.1 Å². The molecule has 1 atom stereocenters. The van der Waals surface area contributed by atoms with Crippen LogP contribution in [-0.2, 0) is 4.79 Å². The molecule has 0 saturated carbocycles. The Morgan fingerprint density at radius 1 is 1.47 bits per heavy atom. The number of hydrogen-bond acceptors (Lipinski definition) is 3. The molecule has 1 amide bonds. The second-order valence-corrected chi connectivity index (χ2v) is 4.24. The number of carbonyl (C=O) groups is 1. The van der Waals surface area contributed by atoms with E-state index in [4.69, 9.17) is 16.3 Å². The zero-order valence-corrected chi connectivity index (χ0v) is 11.2. The quantitative estimate of drug-likeness (QED) is 0.811. The largest absolute Gasteiger partial charge is 0.496 e. The van der Waals surface area contributed by atoms with Crippen LogP contribution in [0.4, 0.5) is 0 Å². The maximum Gasteiger partial charge on any atom is 0.241 e. The number of aryl methyl sites for hydroxylation is 1. The molecule has 0 radical (unpaired) electrons. The summed E-state index contributed by atoms with van der Waals surface area (Å²) in [6.07, 6.45) is 0. The minimum Gasteiger partial charge on any atom is -0.496 e. The fraction of sp³-hybridized carbons (Fsp3) is 0.417. The van der Waals surface area contributed by atoms with Gasteiger partial charge in [0.05, 0.1) is 13.0 Å². The number of hydrazine groups is 1. The fourth-order valence-electron chi connectivity index (χ4n) is 1.73. The smallest absolute Gasteiger partial charge is 0.241 e. The Morgan fingerprint density at radius 2 is 2.12 bits per heavy atom. The van der Waals surface area contributed by atoms with Crippen LogP contribution >= 0.6 is 11.6 Å². The van der Waals surface area contributed by atoms with Gasteiger partial charge < -0.3 is 4.74 Å². The number of nitrogens with one attached hydrogen (secondary N) is 2. The molecule has 94 valence electrons. The summed E-state index contributed by atoms with van der Waals surface area (Å²) in [7, 11) is 3.23. The lowest BCUT2D eigenvalue weighted by Gasteiger charge is -2.17. The highest BCUT2D eigenvalue weighted by molar-refractivity contribution is 6.30. The maximum absolute atomic E-state index is 11.8. The van der Waals surface area contributed by atoms with Gasteiger partial charge in [0.25, 0.3) is 0 Å². The first-order valence-corrected chi connectivity index (χ1v) is 5.69. The maximum atomic E-state index is 11.8. The molecule has 0 fully saturated rings. The molecule has 5 heteroatoms. The van der Waals surface area contributed by atoms with Gasteiger partial charge in [-0.1, -0.05) is 11.6 Å². The van der Waals surface area contributed by atoms with Crippen LogP contribution in [0, 0.1) is 6.92 Å². The number of halogens is 1. The average molecular weight is 257 g/mol. The summed E-state index contributed by atoms with van der Waals surface area (Å²) in [6, 6.07) is 3.57. The average Bonchev–Trinajstić information content (AvgIpc) is 2.27. The molecule has 1 unspecified atom stereocenters. The first kappa shape index (κ1) is 13.8. The van der Waals surface area contributed by atoms with Crippen molar-refractivity contribution in [1.29, 1.82) is 0 Å². The molecule has 0 saturated heterocycles. The Kier molecular flexibility index (Phi) is 4.78. The first-order chi connectivity index (χ1) is 8.01. The Morgan fingerprint density at radius 3 is 2.65 bits per heavy atom. The highest BCUT2D eigenvalue weighted by Gasteiger charge is 2.20. The third kappa shape index (κ3) is 3.11. The van der Waals surface area contributed by atoms with Gasteiger partial charge in [0.1, 0.15) is 5.75 Å². The highest BCUT2D eigenvalue weighted by atomic mass is 35.5. The van der Waals surface area contributed by atoms with E-state index in [9.17, 15) is 4.79 Å². The third-order valence-electron chi connectivity index (χ3n) is 2.58. The molecular formula is C12H17ClN2O2. The van der Waals surface area contributed by atoms with Gasteiger partial charge >= 0.3 is 0 Å². The van der Waals surface area contributed by atoms with Crippen molar-refractivity contribution in [3.05, 3.63) is 28.3 Å². The molecule has 0 bridgehead atoms. The number of methoxy groups -OCH3 is 1. The van der Waals surface area contributed by atoms with Crippen molar-refractivity contribution >= 4 is 17.5 Å². The Labute approximate surface area is 106 Å². The molecule has 2 N–H and O–H groups in total. The molecule has 17 heavy (non-hydrogen) atoms. The molecule has 0 aromatic heterocycles. The lowest BCUT2D eigenvalue weighted by atomic mass is 9.97. The standard InChI is InChI=1S/C12H17ClN2O2/c1-7-5-9(13)6-10(11(7)17-4)8(2)12(16)15-14-3/h5-6,8,14H,1-4H3,(H,15,16). The summed E-state index contributed by atoms with van der Waals surface area (Å²) in [5, 5.41) is 0.599. The number of hydrogen-bond donors (Lipinski definition) is 2. The first-order valence-electron chi connectivity index (χ1n) is 5.31. The monoisotopic (exact) mass is 256 g/mol. The van der Waals surface area contributed by atoms with E-state index in [1.54, 1.807) is 27.1 Å². The zero-order valence-electron chi connectivity index (χ0n) is 10.4. The van der Waals surface area contributed by atoms with Crippen molar-refractivity contribution in [1.82, 2.24) is 10.9 Å². The Balaban J connectivity index is 3.15. The Hall–Kier alpha value is -1.26. The van der Waals surface area contributed by atoms with Gasteiger partial charge in [-0.3, -0.25) is 10.2 Å². The molecule has 0 spiro atoms. The van der Waals surface area contributed by atoms with Gasteiger partial charge in [-0.25, -0.2) is 5.43 Å². The van der Waals surface area contributed by atoms with Crippen LogP contribution in [0.5, 0.6) is 5.75 Å². The van der Waals surface area contributed by atoms with Gasteiger partial charge in [0.2, 0.25) is 5.91 Å². The van der Waals surface area contributed by atoms with E-state index < -0.39 is 0 Å². The zero-order chi connectivity index (χ0) is 13.0. The molecule has 0 aliphatic carbocycles. The number of rotatable bonds is 4. The molecule has 0 aliphatic heterocycles. The van der Waals surface area contributed by atoms with Crippen LogP contribution in [0.1, 0.15) is 24.0 Å². The molecule has 0 heterocycles. The van der Waals surface area contributed by atoms with Crippen LogP contribution < -0.4 is 15.6 Å². The number of ether oxygens (including phenoxy) is 1. The van der Waals surface area contributed by atoms with Crippen molar-refractivity contribution in [2.75, 3.05) is 14.2 Å². The van der Waals surface area contributed by atoms with Crippen LogP contribution in [0.25, 0.3) is 0 Å². The molecule has 1 aromatic carbocycles. The number of amides is 1. The van der Waals surface area contributed by atoms with Crippen molar-refractivity contribution in [3.8, 4) is 5.75 Å². The van der Waals surface area contributed by atoms with E-state index in [2.05, 4.69) is 10.9 Å². The predicted octanol–water partition coefficient (Wildman–Crippen LogP) is 2.01. The minimum atomic E-state index is -0.338. The van der Waals surface area contributed by atoms with E-state index in [0.717, 1.165) is 11.1 Å². The van der Waals surface area contributed by atoms with E-state index >= 15 is 0 Å². The van der Waals surface area contributed by atoms with Crippen molar-refractivity contribution < 1.29 is 9.53 Å². The van der Waals surface area contributed by atoms with Gasteiger partial charge in [-0.2, -0.15) is 0 Å². The summed E-state index contributed by atoms with van der Waals surface area (Å²) in [6.45, 7) is 3.71. The van der Waals surface area contributed by atoms with Gasteiger partial charge in [-0.15, -0.1) is 0 Å². The normalized spacial score (nSPS) is 12.1. The molecular weight excluding hydrogens is 240 g/mol. The minimum absolute atomic E-state index is 0.132. The second-order valence-electron chi connectivity index (χ2n) is 3.81. The summed E-state index contributed by atoms with van der Waals surface area (Å²) in [4.78, 5) is 11.8. The highest BCUT2D eigenvalue weighted by Crippen LogP contribution is 2.32. The summed E-state index contributed by atoms with van der Waals surface area (Å²) in [5.41, 5.74) is 6.86. The molecule has 4 nitrogen and oxygen atoms in total. The lowest BCUT2D eigenvalue weighted by Crippen LogP contribution is -2.37. The number of benzene rings is 1. The van der Waals surface area contributed by atoms with Crippen LogP contribution in [0.15, 0.2) is 12.1 Å². The molecule has 1 rings (SSSR count). The van der Waals surface area contributed by atoms with Crippen LogP contribution in [0.3, 0.4) is 0 Å². The fourth-order valence-corrected chi connectivity index (χ4v) is 2.01. The van der Waals surface area contributed by atoms with E-state index in [-0.39, 0.29) is 11.8 Å². The topological polar surface area (TPSA) is 50.4 Å². The van der Waals surface area contributed by atoms with Crippen LogP contribution in [0.2, 0.25) is 5.02 Å². The SMILES string of the molecule is CNNC(=O)C(C)c1cc(Cl)cc(C)c1OC. The van der Waals surface area contributed by atoms with E-state index in [0.29, 0.717) is 10.8 Å². The second kappa shape index (κ2) is 5.89. The predicted molar refractivity (Wildman–Crippen MR) is 68.4 cm³/mol. The lowest BCUT2D eigenvalue weighted by molar-refractivity contribution is -0.123. The van der Waals surface area contributed by atoms with E-state index in [1.807, 2.05) is 13.0 Å². The van der Waals surface area contributed by atoms with Crippen molar-refractivity contribution in [2.45, 2.75) is 19.8 Å². The summed E-state index contributed by atoms with van der Waals surface area (Å²) < 4.78 is 5.32. The Bertz CT molecular complexity index is 421. The van der Waals surface area contributed by atoms with Gasteiger partial charge in [-0.05, 0) is 31.5 Å². The summed E-state index contributed by atoms with van der Waals surface area (Å²) >= 11 is 6.00. The van der Waals surface area contributed by atoms with Crippen molar-refractivity contribution in [2.24, 2.45) is 0 Å². The van der Waals surface area contributed by atoms with Gasteiger partial charge in [0.15, 0.2) is 0 Å². The molecule has 0 aliphatic rings. The third-order valence-corrected chi connectivity index (χ3v) is 2.80. The van der Waals surface area contributed by atoms with Crippen molar-refractivity contribution in [3.63, 3.8) is 0 Å². The molecule has 1 aromatic rings.